The number of hydrogen-bond acceptors (Lipinski definition) is 4. The number of oxazole rings is 1. The highest BCUT2D eigenvalue weighted by molar-refractivity contribution is 4.93. The fourth-order valence-electron chi connectivity index (χ4n) is 1.56. The van der Waals surface area contributed by atoms with E-state index in [1.807, 2.05) is 19.3 Å². The number of aryl methyl sites for hydroxylation is 2. The molecule has 2 rings (SSSR count). The Kier molecular flexibility index (Phi) is 3.36. The summed E-state index contributed by atoms with van der Waals surface area (Å²) in [6.45, 7) is 6.28. The lowest BCUT2D eigenvalue weighted by molar-refractivity contribution is 0.445. The summed E-state index contributed by atoms with van der Waals surface area (Å²) in [5, 5.41) is 3.25. The summed E-state index contributed by atoms with van der Waals surface area (Å²) < 4.78 is 7.46. The number of rotatable bonds is 5. The molecular formula is C11H16N4O. The standard InChI is InChI=1S/C11H16N4O/c1-3-15-5-4-13-10(15)7-12-8-11-14-6-9(2)16-11/h4-6,12H,3,7-8H2,1-2H3. The molecule has 1 N–H and O–H groups in total. The van der Waals surface area contributed by atoms with Crippen LogP contribution in [0.25, 0.3) is 0 Å². The molecule has 16 heavy (non-hydrogen) atoms. The normalized spacial score (nSPS) is 10.9. The van der Waals surface area contributed by atoms with E-state index < -0.39 is 0 Å². The summed E-state index contributed by atoms with van der Waals surface area (Å²) >= 11 is 0. The van der Waals surface area contributed by atoms with E-state index in [1.165, 1.54) is 0 Å². The maximum Gasteiger partial charge on any atom is 0.208 e. The van der Waals surface area contributed by atoms with E-state index in [0.29, 0.717) is 12.4 Å². The van der Waals surface area contributed by atoms with Crippen molar-refractivity contribution in [1.29, 1.82) is 0 Å². The van der Waals surface area contributed by atoms with E-state index in [2.05, 4.69) is 26.8 Å². The molecule has 0 aliphatic heterocycles. The van der Waals surface area contributed by atoms with Gasteiger partial charge in [0.05, 0.1) is 19.3 Å². The maximum absolute atomic E-state index is 5.36. The maximum atomic E-state index is 5.36. The van der Waals surface area contributed by atoms with Crippen molar-refractivity contribution in [2.75, 3.05) is 0 Å². The Morgan fingerprint density at radius 2 is 2.25 bits per heavy atom. The molecule has 2 aromatic rings. The Morgan fingerprint density at radius 1 is 1.38 bits per heavy atom. The Labute approximate surface area is 94.5 Å². The molecule has 0 aliphatic carbocycles. The summed E-state index contributed by atoms with van der Waals surface area (Å²) in [5.41, 5.74) is 0. The first-order valence-corrected chi connectivity index (χ1v) is 5.41. The van der Waals surface area contributed by atoms with Gasteiger partial charge in [0.25, 0.3) is 0 Å². The molecular weight excluding hydrogens is 204 g/mol. The zero-order valence-corrected chi connectivity index (χ0v) is 9.60. The van der Waals surface area contributed by atoms with E-state index in [4.69, 9.17) is 4.42 Å². The highest BCUT2D eigenvalue weighted by Crippen LogP contribution is 2.02. The second-order valence-electron chi connectivity index (χ2n) is 3.60. The molecule has 0 saturated heterocycles. The minimum absolute atomic E-state index is 0.629. The van der Waals surface area contributed by atoms with Gasteiger partial charge in [-0.3, -0.25) is 0 Å². The van der Waals surface area contributed by atoms with E-state index >= 15 is 0 Å². The van der Waals surface area contributed by atoms with Gasteiger partial charge in [-0.1, -0.05) is 0 Å². The third kappa shape index (κ3) is 2.49. The van der Waals surface area contributed by atoms with Crippen LogP contribution in [0, 0.1) is 6.92 Å². The minimum atomic E-state index is 0.629. The second-order valence-corrected chi connectivity index (χ2v) is 3.60. The second kappa shape index (κ2) is 4.94. The van der Waals surface area contributed by atoms with Crippen molar-refractivity contribution < 1.29 is 4.42 Å². The lowest BCUT2D eigenvalue weighted by Gasteiger charge is -2.04. The number of imidazole rings is 1. The van der Waals surface area contributed by atoms with Crippen molar-refractivity contribution in [2.45, 2.75) is 33.5 Å². The first-order chi connectivity index (χ1) is 7.79. The lowest BCUT2D eigenvalue weighted by Crippen LogP contribution is -2.16. The van der Waals surface area contributed by atoms with Gasteiger partial charge in [0.15, 0.2) is 0 Å². The van der Waals surface area contributed by atoms with Crippen LogP contribution in [-0.4, -0.2) is 14.5 Å². The predicted molar refractivity (Wildman–Crippen MR) is 59.7 cm³/mol. The number of nitrogens with one attached hydrogen (secondary N) is 1. The van der Waals surface area contributed by atoms with Crippen LogP contribution >= 0.6 is 0 Å². The van der Waals surface area contributed by atoms with Crippen molar-refractivity contribution >= 4 is 0 Å². The summed E-state index contributed by atoms with van der Waals surface area (Å²) in [6, 6.07) is 0. The smallest absolute Gasteiger partial charge is 0.208 e. The van der Waals surface area contributed by atoms with Crippen LogP contribution in [-0.2, 0) is 19.6 Å². The van der Waals surface area contributed by atoms with Gasteiger partial charge in [-0.25, -0.2) is 9.97 Å². The SMILES string of the molecule is CCn1ccnc1CNCc1ncc(C)o1. The lowest BCUT2D eigenvalue weighted by atomic mass is 10.5. The van der Waals surface area contributed by atoms with Gasteiger partial charge >= 0.3 is 0 Å². The first-order valence-electron chi connectivity index (χ1n) is 5.41. The Bertz CT molecular complexity index is 446. The van der Waals surface area contributed by atoms with E-state index in [9.17, 15) is 0 Å². The number of hydrogen-bond donors (Lipinski definition) is 1. The fourth-order valence-corrected chi connectivity index (χ4v) is 1.56. The van der Waals surface area contributed by atoms with Crippen LogP contribution in [0.2, 0.25) is 0 Å². The van der Waals surface area contributed by atoms with Gasteiger partial charge in [0, 0.05) is 18.9 Å². The van der Waals surface area contributed by atoms with Crippen molar-refractivity contribution in [3.05, 3.63) is 36.1 Å². The van der Waals surface area contributed by atoms with Gasteiger partial charge in [-0.15, -0.1) is 0 Å². The largest absolute Gasteiger partial charge is 0.445 e. The molecule has 5 nitrogen and oxygen atoms in total. The molecule has 0 unspecified atom stereocenters. The zero-order chi connectivity index (χ0) is 11.4. The summed E-state index contributed by atoms with van der Waals surface area (Å²) in [6.07, 6.45) is 5.52. The van der Waals surface area contributed by atoms with Gasteiger partial charge < -0.3 is 14.3 Å². The molecule has 0 spiro atoms. The predicted octanol–water partition coefficient (Wildman–Crippen LogP) is 1.49. The average molecular weight is 220 g/mol. The van der Waals surface area contributed by atoms with Crippen molar-refractivity contribution in [3.8, 4) is 0 Å². The molecule has 0 fully saturated rings. The molecule has 0 atom stereocenters. The third-order valence-corrected chi connectivity index (χ3v) is 2.37. The Hall–Kier alpha value is -1.62. The molecule has 0 saturated carbocycles. The van der Waals surface area contributed by atoms with E-state index in [1.54, 1.807) is 6.20 Å². The Morgan fingerprint density at radius 3 is 2.94 bits per heavy atom. The highest BCUT2D eigenvalue weighted by Gasteiger charge is 2.02. The van der Waals surface area contributed by atoms with Crippen LogP contribution in [0.3, 0.4) is 0 Å². The summed E-state index contributed by atoms with van der Waals surface area (Å²) in [4.78, 5) is 8.39. The van der Waals surface area contributed by atoms with Gasteiger partial charge in [-0.2, -0.15) is 0 Å². The average Bonchev–Trinajstić information content (AvgIpc) is 2.87. The summed E-state index contributed by atoms with van der Waals surface area (Å²) in [7, 11) is 0. The van der Waals surface area contributed by atoms with E-state index in [0.717, 1.165) is 24.7 Å². The third-order valence-electron chi connectivity index (χ3n) is 2.37. The monoisotopic (exact) mass is 220 g/mol. The molecule has 2 aromatic heterocycles. The van der Waals surface area contributed by atoms with Crippen LogP contribution in [0.5, 0.6) is 0 Å². The van der Waals surface area contributed by atoms with Crippen LogP contribution in [0.15, 0.2) is 23.0 Å². The molecule has 0 radical (unpaired) electrons. The topological polar surface area (TPSA) is 55.9 Å². The van der Waals surface area contributed by atoms with Crippen molar-refractivity contribution in [1.82, 2.24) is 19.9 Å². The van der Waals surface area contributed by atoms with Gasteiger partial charge in [-0.05, 0) is 13.8 Å². The minimum Gasteiger partial charge on any atom is -0.445 e. The fraction of sp³-hybridized carbons (Fsp3) is 0.455. The van der Waals surface area contributed by atoms with Gasteiger partial charge in [0.2, 0.25) is 5.89 Å². The van der Waals surface area contributed by atoms with Crippen LogP contribution in [0.4, 0.5) is 0 Å². The van der Waals surface area contributed by atoms with Crippen molar-refractivity contribution in [2.24, 2.45) is 0 Å². The summed E-state index contributed by atoms with van der Waals surface area (Å²) in [5.74, 6) is 2.59. The molecule has 2 heterocycles. The quantitative estimate of drug-likeness (QED) is 0.829. The Balaban J connectivity index is 1.84. The molecule has 86 valence electrons. The zero-order valence-electron chi connectivity index (χ0n) is 9.60. The number of aromatic nitrogens is 3. The highest BCUT2D eigenvalue weighted by atomic mass is 16.4. The van der Waals surface area contributed by atoms with E-state index in [-0.39, 0.29) is 0 Å². The van der Waals surface area contributed by atoms with Crippen LogP contribution < -0.4 is 5.32 Å². The molecule has 0 amide bonds. The molecule has 5 heteroatoms. The van der Waals surface area contributed by atoms with Crippen LogP contribution in [0.1, 0.15) is 24.4 Å². The molecule has 0 bridgehead atoms. The number of nitrogens with zero attached hydrogens (tertiary/aromatic N) is 3. The molecule has 0 aliphatic rings. The van der Waals surface area contributed by atoms with Crippen molar-refractivity contribution in [3.63, 3.8) is 0 Å². The molecule has 0 aromatic carbocycles. The van der Waals surface area contributed by atoms with Gasteiger partial charge in [0.1, 0.15) is 11.6 Å². The first kappa shape index (κ1) is 10.9.